The number of nitrogens with two attached hydrogens (primary N) is 1. The first-order valence-corrected chi connectivity index (χ1v) is 8.48. The van der Waals surface area contributed by atoms with Gasteiger partial charge in [0.05, 0.1) is 16.2 Å². The van der Waals surface area contributed by atoms with E-state index in [2.05, 4.69) is 5.32 Å². The minimum Gasteiger partial charge on any atom is -0.322 e. The molecule has 0 radical (unpaired) electrons. The van der Waals surface area contributed by atoms with Gasteiger partial charge in [-0.05, 0) is 17.7 Å². The number of primary sulfonamides is 1. The number of hydrogen-bond donors (Lipinski definition) is 2. The highest BCUT2D eigenvalue weighted by Crippen LogP contribution is 2.23. The number of rotatable bonds is 5. The second kappa shape index (κ2) is 6.22. The summed E-state index contributed by atoms with van der Waals surface area (Å²) in [6.07, 6.45) is 0. The van der Waals surface area contributed by atoms with Gasteiger partial charge in [0.2, 0.25) is 10.0 Å². The molecule has 0 bridgehead atoms. The second-order valence-corrected chi connectivity index (χ2v) is 6.89. The van der Waals surface area contributed by atoms with Crippen LogP contribution in [-0.4, -0.2) is 19.2 Å². The minimum absolute atomic E-state index is 0.117. The first kappa shape index (κ1) is 16.1. The van der Waals surface area contributed by atoms with E-state index in [0.717, 1.165) is 11.3 Å². The molecule has 0 spiro atoms. The molecule has 1 aromatic heterocycles. The maximum atomic E-state index is 11.9. The van der Waals surface area contributed by atoms with Crippen LogP contribution in [0.2, 0.25) is 0 Å². The molecule has 2 aromatic rings. The number of carbonyl (C=O) groups excluding carboxylic acids is 1. The molecule has 10 heteroatoms. The van der Waals surface area contributed by atoms with E-state index >= 15 is 0 Å². The lowest BCUT2D eigenvalue weighted by Crippen LogP contribution is -2.14. The Labute approximate surface area is 129 Å². The molecule has 1 heterocycles. The largest absolute Gasteiger partial charge is 0.324 e. The molecule has 3 N–H and O–H groups in total. The molecule has 0 saturated carbocycles. The zero-order valence-electron chi connectivity index (χ0n) is 11.1. The van der Waals surface area contributed by atoms with Crippen molar-refractivity contribution < 1.29 is 18.1 Å². The monoisotopic (exact) mass is 341 g/mol. The number of nitro groups is 1. The average molecular weight is 341 g/mol. The highest BCUT2D eigenvalue weighted by Gasteiger charge is 2.15. The Kier molecular flexibility index (Phi) is 4.54. The SMILES string of the molecule is NS(=O)(=O)Cc1ccc(NC(=O)c2csc([N+](=O)[O-])c2)cc1. The number of nitrogens with one attached hydrogen (secondary N) is 1. The van der Waals surface area contributed by atoms with Crippen molar-refractivity contribution in [3.05, 3.63) is 57.0 Å². The highest BCUT2D eigenvalue weighted by atomic mass is 32.2. The van der Waals surface area contributed by atoms with Gasteiger partial charge in [-0.25, -0.2) is 13.6 Å². The lowest BCUT2D eigenvalue weighted by molar-refractivity contribution is -0.380. The van der Waals surface area contributed by atoms with Gasteiger partial charge < -0.3 is 5.32 Å². The molecule has 0 fully saturated rings. The van der Waals surface area contributed by atoms with Crippen LogP contribution in [0.3, 0.4) is 0 Å². The van der Waals surface area contributed by atoms with Crippen molar-refractivity contribution in [3.63, 3.8) is 0 Å². The Bertz CT molecular complexity index is 812. The number of nitrogens with zero attached hydrogens (tertiary/aromatic N) is 1. The van der Waals surface area contributed by atoms with E-state index in [1.54, 1.807) is 0 Å². The van der Waals surface area contributed by atoms with E-state index in [1.165, 1.54) is 35.7 Å². The minimum atomic E-state index is -3.61. The summed E-state index contributed by atoms with van der Waals surface area (Å²) in [5.74, 6) is -0.777. The van der Waals surface area contributed by atoms with Gasteiger partial charge in [0.15, 0.2) is 0 Å². The molecular weight excluding hydrogens is 330 g/mol. The first-order valence-electron chi connectivity index (χ1n) is 5.88. The summed E-state index contributed by atoms with van der Waals surface area (Å²) < 4.78 is 21.9. The zero-order valence-corrected chi connectivity index (χ0v) is 12.7. The van der Waals surface area contributed by atoms with Crippen LogP contribution in [0.4, 0.5) is 10.7 Å². The van der Waals surface area contributed by atoms with Crippen molar-refractivity contribution in [1.29, 1.82) is 0 Å². The van der Waals surface area contributed by atoms with E-state index in [1.807, 2.05) is 0 Å². The van der Waals surface area contributed by atoms with Gasteiger partial charge in [-0.3, -0.25) is 14.9 Å². The summed E-state index contributed by atoms with van der Waals surface area (Å²) >= 11 is 0.865. The van der Waals surface area contributed by atoms with Gasteiger partial charge >= 0.3 is 5.00 Å². The van der Waals surface area contributed by atoms with Crippen molar-refractivity contribution >= 4 is 38.0 Å². The molecular formula is C12H11N3O5S2. The number of carbonyl (C=O) groups is 1. The van der Waals surface area contributed by atoms with Crippen LogP contribution in [0.15, 0.2) is 35.7 Å². The maximum absolute atomic E-state index is 11.9. The van der Waals surface area contributed by atoms with Crippen LogP contribution < -0.4 is 10.5 Å². The summed E-state index contributed by atoms with van der Waals surface area (Å²) in [4.78, 5) is 21.9. The number of amides is 1. The zero-order chi connectivity index (χ0) is 16.3. The molecule has 0 aliphatic carbocycles. The van der Waals surface area contributed by atoms with E-state index in [-0.39, 0.29) is 16.3 Å². The Hall–Kier alpha value is -2.30. The van der Waals surface area contributed by atoms with Gasteiger partial charge in [-0.2, -0.15) is 0 Å². The van der Waals surface area contributed by atoms with E-state index in [9.17, 15) is 23.3 Å². The van der Waals surface area contributed by atoms with Gasteiger partial charge in [0.1, 0.15) is 0 Å². The number of thiophene rings is 1. The molecule has 0 unspecified atom stereocenters. The van der Waals surface area contributed by atoms with Crippen LogP contribution >= 0.6 is 11.3 Å². The third-order valence-corrected chi connectivity index (χ3v) is 4.22. The Morgan fingerprint density at radius 2 is 1.95 bits per heavy atom. The van der Waals surface area contributed by atoms with Crippen LogP contribution in [0.25, 0.3) is 0 Å². The third-order valence-electron chi connectivity index (χ3n) is 2.61. The molecule has 22 heavy (non-hydrogen) atoms. The van der Waals surface area contributed by atoms with Crippen molar-refractivity contribution in [3.8, 4) is 0 Å². The Morgan fingerprint density at radius 1 is 1.32 bits per heavy atom. The summed E-state index contributed by atoms with van der Waals surface area (Å²) in [5.41, 5.74) is 1.12. The normalized spacial score (nSPS) is 11.1. The molecule has 1 amide bonds. The fraction of sp³-hybridized carbons (Fsp3) is 0.0833. The van der Waals surface area contributed by atoms with Gasteiger partial charge in [0.25, 0.3) is 5.91 Å². The van der Waals surface area contributed by atoms with Crippen LogP contribution in [0.1, 0.15) is 15.9 Å². The topological polar surface area (TPSA) is 132 Å². The van der Waals surface area contributed by atoms with Crippen molar-refractivity contribution in [2.24, 2.45) is 5.14 Å². The smallest absolute Gasteiger partial charge is 0.322 e. The standard InChI is InChI=1S/C12H11N3O5S2/c13-22(19,20)7-8-1-3-10(4-2-8)14-12(16)9-5-11(15(17)18)21-6-9/h1-6H,7H2,(H,14,16)(H2,13,19,20). The van der Waals surface area contributed by atoms with Crippen molar-refractivity contribution in [2.75, 3.05) is 5.32 Å². The van der Waals surface area contributed by atoms with Gasteiger partial charge in [0, 0.05) is 17.1 Å². The van der Waals surface area contributed by atoms with Gasteiger partial charge in [-0.15, -0.1) is 0 Å². The van der Waals surface area contributed by atoms with Crippen LogP contribution in [-0.2, 0) is 15.8 Å². The summed E-state index contributed by atoms with van der Waals surface area (Å²) in [7, 11) is -3.61. The molecule has 8 nitrogen and oxygen atoms in total. The fourth-order valence-corrected chi connectivity index (χ4v) is 3.02. The lowest BCUT2D eigenvalue weighted by atomic mass is 10.2. The predicted octanol–water partition coefficient (Wildman–Crippen LogP) is 1.70. The summed E-state index contributed by atoms with van der Waals surface area (Å²) in [5, 5.41) is 19.3. The first-order chi connectivity index (χ1) is 10.2. The lowest BCUT2D eigenvalue weighted by Gasteiger charge is -2.05. The van der Waals surface area contributed by atoms with Crippen LogP contribution in [0, 0.1) is 10.1 Å². The van der Waals surface area contributed by atoms with Crippen molar-refractivity contribution in [1.82, 2.24) is 0 Å². The molecule has 0 aliphatic rings. The third kappa shape index (κ3) is 4.35. The Balaban J connectivity index is 2.06. The van der Waals surface area contributed by atoms with Crippen LogP contribution in [0.5, 0.6) is 0 Å². The quantitative estimate of drug-likeness (QED) is 0.631. The Morgan fingerprint density at radius 3 is 2.45 bits per heavy atom. The van der Waals surface area contributed by atoms with E-state index in [4.69, 9.17) is 5.14 Å². The molecule has 0 atom stereocenters. The molecule has 2 rings (SSSR count). The fourth-order valence-electron chi connectivity index (χ4n) is 1.66. The summed E-state index contributed by atoms with van der Waals surface area (Å²) in [6.45, 7) is 0. The molecule has 0 aliphatic heterocycles. The maximum Gasteiger partial charge on any atom is 0.324 e. The number of benzene rings is 1. The average Bonchev–Trinajstić information content (AvgIpc) is 2.89. The summed E-state index contributed by atoms with van der Waals surface area (Å²) in [6, 6.07) is 7.29. The number of hydrogen-bond acceptors (Lipinski definition) is 6. The van der Waals surface area contributed by atoms with Crippen molar-refractivity contribution in [2.45, 2.75) is 5.75 Å². The molecule has 116 valence electrons. The van der Waals surface area contributed by atoms with E-state index < -0.39 is 20.9 Å². The molecule has 1 aromatic carbocycles. The van der Waals surface area contributed by atoms with E-state index in [0.29, 0.717) is 11.3 Å². The number of sulfonamides is 1. The van der Waals surface area contributed by atoms with Gasteiger partial charge in [-0.1, -0.05) is 23.5 Å². The molecule has 0 saturated heterocycles. The predicted molar refractivity (Wildman–Crippen MR) is 82.2 cm³/mol. The highest BCUT2D eigenvalue weighted by molar-refractivity contribution is 7.88. The second-order valence-electron chi connectivity index (χ2n) is 4.39. The number of anilines is 1.